The van der Waals surface area contributed by atoms with Crippen molar-refractivity contribution in [1.29, 1.82) is 0 Å². The molecular weight excluding hydrogens is 296 g/mol. The van der Waals surface area contributed by atoms with Crippen molar-refractivity contribution in [3.05, 3.63) is 23.2 Å². The number of carbonyl (C=O) groups excluding carboxylic acids is 1. The molecule has 23 heavy (non-hydrogen) atoms. The van der Waals surface area contributed by atoms with Crippen molar-refractivity contribution in [2.24, 2.45) is 0 Å². The molecule has 1 aromatic heterocycles. The van der Waals surface area contributed by atoms with Gasteiger partial charge in [0.1, 0.15) is 11.5 Å². The quantitative estimate of drug-likeness (QED) is 0.840. The maximum atomic E-state index is 12.8. The molecule has 1 aromatic rings. The monoisotopic (exact) mass is 322 g/mol. The van der Waals surface area contributed by atoms with Crippen LogP contribution in [0.3, 0.4) is 0 Å². The smallest absolute Gasteiger partial charge is 0.257 e. The lowest BCUT2D eigenvalue weighted by molar-refractivity contribution is -0.101. The number of likely N-dealkylation sites (tertiary alicyclic amines) is 1. The summed E-state index contributed by atoms with van der Waals surface area (Å²) in [6.07, 6.45) is 1.10. The van der Waals surface area contributed by atoms with Crippen molar-refractivity contribution in [3.8, 4) is 0 Å². The van der Waals surface area contributed by atoms with Gasteiger partial charge in [-0.1, -0.05) is 0 Å². The van der Waals surface area contributed by atoms with E-state index in [0.29, 0.717) is 24.5 Å². The second-order valence-corrected chi connectivity index (χ2v) is 6.37. The summed E-state index contributed by atoms with van der Waals surface area (Å²) in [6.45, 7) is 8.41. The Hall–Kier alpha value is -1.37. The molecule has 3 heterocycles. The topological polar surface area (TPSA) is 55.2 Å². The largest absolute Gasteiger partial charge is 0.466 e. The zero-order valence-corrected chi connectivity index (χ0v) is 14.2. The van der Waals surface area contributed by atoms with Gasteiger partial charge >= 0.3 is 0 Å². The van der Waals surface area contributed by atoms with Crippen molar-refractivity contribution < 1.29 is 18.7 Å². The summed E-state index contributed by atoms with van der Waals surface area (Å²) < 4.78 is 16.6. The van der Waals surface area contributed by atoms with Crippen molar-refractivity contribution in [3.63, 3.8) is 0 Å². The molecule has 6 nitrogen and oxygen atoms in total. The molecule has 2 saturated heterocycles. The molecule has 0 saturated carbocycles. The lowest BCUT2D eigenvalue weighted by Crippen LogP contribution is -2.61. The van der Waals surface area contributed by atoms with Gasteiger partial charge in [0.15, 0.2) is 0 Å². The minimum atomic E-state index is 0.0649. The molecule has 2 atom stereocenters. The number of hydrogen-bond acceptors (Lipinski definition) is 5. The minimum absolute atomic E-state index is 0.0649. The van der Waals surface area contributed by atoms with E-state index in [9.17, 15) is 4.79 Å². The third kappa shape index (κ3) is 3.44. The van der Waals surface area contributed by atoms with E-state index < -0.39 is 0 Å². The standard InChI is InChI=1S/C17H26N2O4/c1-12-10-14(13(2)23-12)17(20)19-5-4-16-15(11-19)18(6-8-21-3)7-9-22-16/h10,15-16H,4-9,11H2,1-3H3/t15-,16-/m1/s1. The fourth-order valence-electron chi connectivity index (χ4n) is 3.63. The van der Waals surface area contributed by atoms with Crippen LogP contribution in [0.2, 0.25) is 0 Å². The Morgan fingerprint density at radius 3 is 2.91 bits per heavy atom. The predicted octanol–water partition coefficient (Wildman–Crippen LogP) is 1.46. The van der Waals surface area contributed by atoms with Gasteiger partial charge in [-0.2, -0.15) is 0 Å². The molecule has 0 unspecified atom stereocenters. The van der Waals surface area contributed by atoms with E-state index >= 15 is 0 Å². The van der Waals surface area contributed by atoms with Crippen LogP contribution in [0.25, 0.3) is 0 Å². The summed E-state index contributed by atoms with van der Waals surface area (Å²) in [5.41, 5.74) is 0.682. The van der Waals surface area contributed by atoms with Gasteiger partial charge in [-0.3, -0.25) is 9.69 Å². The molecule has 2 aliphatic heterocycles. The number of hydrogen-bond donors (Lipinski definition) is 0. The summed E-state index contributed by atoms with van der Waals surface area (Å²) in [4.78, 5) is 17.1. The SMILES string of the molecule is COCCN1CCO[C@@H]2CCN(C(=O)c3cc(C)oc3C)C[C@H]21. The summed E-state index contributed by atoms with van der Waals surface area (Å²) in [6, 6.07) is 2.09. The van der Waals surface area contributed by atoms with Gasteiger partial charge in [0.25, 0.3) is 5.91 Å². The fraction of sp³-hybridized carbons (Fsp3) is 0.706. The zero-order chi connectivity index (χ0) is 16.4. The molecule has 0 bridgehead atoms. The van der Waals surface area contributed by atoms with Crippen molar-refractivity contribution >= 4 is 5.91 Å². The fourth-order valence-corrected chi connectivity index (χ4v) is 3.63. The van der Waals surface area contributed by atoms with E-state index in [1.54, 1.807) is 7.11 Å². The van der Waals surface area contributed by atoms with E-state index in [2.05, 4.69) is 4.90 Å². The van der Waals surface area contributed by atoms with Gasteiger partial charge in [0.2, 0.25) is 0 Å². The number of morpholine rings is 1. The Morgan fingerprint density at radius 1 is 1.39 bits per heavy atom. The Labute approximate surface area is 137 Å². The molecule has 0 spiro atoms. The Balaban J connectivity index is 1.70. The summed E-state index contributed by atoms with van der Waals surface area (Å²) >= 11 is 0. The molecule has 0 N–H and O–H groups in total. The van der Waals surface area contributed by atoms with Crippen molar-refractivity contribution in [2.75, 3.05) is 46.5 Å². The minimum Gasteiger partial charge on any atom is -0.466 e. The van der Waals surface area contributed by atoms with E-state index in [1.807, 2.05) is 24.8 Å². The van der Waals surface area contributed by atoms with Gasteiger partial charge in [-0.05, 0) is 26.3 Å². The molecular formula is C17H26N2O4. The van der Waals surface area contributed by atoms with Crippen LogP contribution in [-0.4, -0.2) is 74.4 Å². The summed E-state index contributed by atoms with van der Waals surface area (Å²) in [7, 11) is 1.72. The van der Waals surface area contributed by atoms with Crippen LogP contribution in [0.4, 0.5) is 0 Å². The maximum absolute atomic E-state index is 12.8. The van der Waals surface area contributed by atoms with Gasteiger partial charge < -0.3 is 18.8 Å². The lowest BCUT2D eigenvalue weighted by atomic mass is 9.98. The highest BCUT2D eigenvalue weighted by molar-refractivity contribution is 5.95. The van der Waals surface area contributed by atoms with Crippen LogP contribution in [0.1, 0.15) is 28.3 Å². The number of furan rings is 1. The van der Waals surface area contributed by atoms with Crippen LogP contribution in [0.15, 0.2) is 10.5 Å². The first kappa shape index (κ1) is 16.5. The molecule has 0 aromatic carbocycles. The number of rotatable bonds is 4. The number of ether oxygens (including phenoxy) is 2. The third-order valence-corrected chi connectivity index (χ3v) is 4.84. The van der Waals surface area contributed by atoms with Crippen LogP contribution in [0.5, 0.6) is 0 Å². The normalized spacial score (nSPS) is 25.4. The van der Waals surface area contributed by atoms with E-state index in [0.717, 1.165) is 38.4 Å². The second-order valence-electron chi connectivity index (χ2n) is 6.37. The number of fused-ring (bicyclic) bond motifs is 1. The first-order valence-electron chi connectivity index (χ1n) is 8.31. The van der Waals surface area contributed by atoms with Crippen LogP contribution in [-0.2, 0) is 9.47 Å². The van der Waals surface area contributed by atoms with E-state index in [-0.39, 0.29) is 18.1 Å². The number of nitrogens with zero attached hydrogens (tertiary/aromatic N) is 2. The van der Waals surface area contributed by atoms with Gasteiger partial charge in [0.05, 0.1) is 30.9 Å². The molecule has 2 fully saturated rings. The summed E-state index contributed by atoms with van der Waals surface area (Å²) in [5.74, 6) is 1.55. The first-order chi connectivity index (χ1) is 11.1. The van der Waals surface area contributed by atoms with Gasteiger partial charge in [-0.15, -0.1) is 0 Å². The molecule has 3 rings (SSSR count). The lowest BCUT2D eigenvalue weighted by Gasteiger charge is -2.47. The predicted molar refractivity (Wildman–Crippen MR) is 85.7 cm³/mol. The maximum Gasteiger partial charge on any atom is 0.257 e. The van der Waals surface area contributed by atoms with Gasteiger partial charge in [0, 0.05) is 33.3 Å². The molecule has 1 amide bonds. The molecule has 128 valence electrons. The highest BCUT2D eigenvalue weighted by Gasteiger charge is 2.38. The Bertz CT molecular complexity index is 557. The average molecular weight is 322 g/mol. The molecule has 2 aliphatic rings. The molecule has 0 aliphatic carbocycles. The van der Waals surface area contributed by atoms with E-state index in [4.69, 9.17) is 13.9 Å². The van der Waals surface area contributed by atoms with Crippen LogP contribution in [0, 0.1) is 13.8 Å². The Kier molecular flexibility index (Phi) is 5.04. The molecule has 0 radical (unpaired) electrons. The van der Waals surface area contributed by atoms with Crippen molar-refractivity contribution in [2.45, 2.75) is 32.4 Å². The van der Waals surface area contributed by atoms with Crippen LogP contribution < -0.4 is 0 Å². The average Bonchev–Trinajstić information content (AvgIpc) is 2.90. The number of piperidine rings is 1. The summed E-state index contributed by atoms with van der Waals surface area (Å²) in [5, 5.41) is 0. The van der Waals surface area contributed by atoms with Crippen LogP contribution >= 0.6 is 0 Å². The van der Waals surface area contributed by atoms with Gasteiger partial charge in [-0.25, -0.2) is 0 Å². The highest BCUT2D eigenvalue weighted by atomic mass is 16.5. The number of amides is 1. The van der Waals surface area contributed by atoms with E-state index in [1.165, 1.54) is 0 Å². The second kappa shape index (κ2) is 7.03. The van der Waals surface area contributed by atoms with Crippen molar-refractivity contribution in [1.82, 2.24) is 9.80 Å². The highest BCUT2D eigenvalue weighted by Crippen LogP contribution is 2.25. The zero-order valence-electron chi connectivity index (χ0n) is 14.2. The number of aryl methyl sites for hydroxylation is 2. The number of methoxy groups -OCH3 is 1. The third-order valence-electron chi connectivity index (χ3n) is 4.84. The molecule has 6 heteroatoms. The Morgan fingerprint density at radius 2 is 2.22 bits per heavy atom. The first-order valence-corrected chi connectivity index (χ1v) is 8.31. The number of carbonyl (C=O) groups is 1.